The van der Waals surface area contributed by atoms with E-state index < -0.39 is 0 Å². The molecule has 1 aliphatic heterocycles. The van der Waals surface area contributed by atoms with Crippen molar-refractivity contribution in [2.45, 2.75) is 57.4 Å². The molecule has 1 unspecified atom stereocenters. The van der Waals surface area contributed by atoms with Crippen molar-refractivity contribution in [2.75, 3.05) is 6.54 Å². The van der Waals surface area contributed by atoms with E-state index in [2.05, 4.69) is 35.4 Å². The van der Waals surface area contributed by atoms with Crippen LogP contribution in [0.5, 0.6) is 0 Å². The van der Waals surface area contributed by atoms with Crippen molar-refractivity contribution in [3.8, 4) is 0 Å². The van der Waals surface area contributed by atoms with E-state index in [9.17, 15) is 4.79 Å². The van der Waals surface area contributed by atoms with Gasteiger partial charge in [-0.3, -0.25) is 9.48 Å². The number of benzene rings is 1. The number of hydrogen-bond donors (Lipinski definition) is 0. The highest BCUT2D eigenvalue weighted by Gasteiger charge is 2.33. The van der Waals surface area contributed by atoms with E-state index in [1.54, 1.807) is 0 Å². The summed E-state index contributed by atoms with van der Waals surface area (Å²) in [7, 11) is 1.96. The van der Waals surface area contributed by atoms with Gasteiger partial charge in [0.25, 0.3) is 5.91 Å². The van der Waals surface area contributed by atoms with Gasteiger partial charge in [-0.15, -0.1) is 0 Å². The number of aromatic nitrogens is 3. The molecule has 0 saturated heterocycles. The lowest BCUT2D eigenvalue weighted by atomic mass is 9.84. The zero-order valence-electron chi connectivity index (χ0n) is 17.7. The van der Waals surface area contributed by atoms with Crippen molar-refractivity contribution in [1.82, 2.24) is 19.8 Å². The quantitative estimate of drug-likeness (QED) is 0.642. The minimum atomic E-state index is -0.0538. The predicted octanol–water partition coefficient (Wildman–Crippen LogP) is 4.55. The summed E-state index contributed by atoms with van der Waals surface area (Å²) < 4.78 is 7.50. The largest absolute Gasteiger partial charge is 0.360 e. The normalized spacial score (nSPS) is 19.7. The van der Waals surface area contributed by atoms with Crippen LogP contribution in [0, 0.1) is 6.92 Å². The van der Waals surface area contributed by atoms with Crippen molar-refractivity contribution in [3.63, 3.8) is 0 Å². The maximum atomic E-state index is 13.4. The van der Waals surface area contributed by atoms with Crippen LogP contribution in [0.15, 0.2) is 41.1 Å². The maximum Gasteiger partial charge on any atom is 0.276 e. The summed E-state index contributed by atoms with van der Waals surface area (Å²) in [5.74, 6) is 1.33. The molecule has 3 heterocycles. The van der Waals surface area contributed by atoms with Crippen molar-refractivity contribution >= 4 is 5.91 Å². The number of nitrogens with zero attached hydrogens (tertiary/aromatic N) is 4. The molecule has 0 radical (unpaired) electrons. The van der Waals surface area contributed by atoms with Gasteiger partial charge in [0, 0.05) is 49.3 Å². The molecule has 0 bridgehead atoms. The Morgan fingerprint density at radius 2 is 1.93 bits per heavy atom. The van der Waals surface area contributed by atoms with E-state index in [0.29, 0.717) is 24.7 Å². The standard InChI is InChI=1S/C24H28N4O2/c1-16-20(13-25-27(16)2)21-15-28(14-18-10-6-7-11-19(18)21)24(29)22-12-23(30-26-22)17-8-4-3-5-9-17/h6-7,10-13,17,21H,3-5,8-9,14-15H2,1-2H3. The molecule has 1 fully saturated rings. The number of hydrogen-bond acceptors (Lipinski definition) is 4. The number of rotatable bonds is 3. The average Bonchev–Trinajstić information content (AvgIpc) is 3.41. The summed E-state index contributed by atoms with van der Waals surface area (Å²) in [5, 5.41) is 8.59. The lowest BCUT2D eigenvalue weighted by molar-refractivity contribution is 0.0714. The van der Waals surface area contributed by atoms with Crippen molar-refractivity contribution in [1.29, 1.82) is 0 Å². The fourth-order valence-corrected chi connectivity index (χ4v) is 5.02. The lowest BCUT2D eigenvalue weighted by Gasteiger charge is -2.34. The molecular weight excluding hydrogens is 376 g/mol. The molecule has 1 saturated carbocycles. The van der Waals surface area contributed by atoms with Crippen molar-refractivity contribution < 1.29 is 9.32 Å². The smallest absolute Gasteiger partial charge is 0.276 e. The van der Waals surface area contributed by atoms with E-state index in [1.165, 1.54) is 36.0 Å². The Labute approximate surface area is 176 Å². The van der Waals surface area contributed by atoms with Gasteiger partial charge in [-0.2, -0.15) is 5.10 Å². The SMILES string of the molecule is Cc1c(C2CN(C(=O)c3cc(C4CCCCC4)on3)Cc3ccccc32)cnn1C. The summed E-state index contributed by atoms with van der Waals surface area (Å²) in [6.07, 6.45) is 7.93. The zero-order chi connectivity index (χ0) is 20.7. The number of aryl methyl sites for hydroxylation is 1. The number of carbonyl (C=O) groups excluding carboxylic acids is 1. The second kappa shape index (κ2) is 7.74. The first-order valence-corrected chi connectivity index (χ1v) is 10.9. The zero-order valence-corrected chi connectivity index (χ0v) is 17.7. The van der Waals surface area contributed by atoms with Gasteiger partial charge >= 0.3 is 0 Å². The second-order valence-corrected chi connectivity index (χ2v) is 8.70. The van der Waals surface area contributed by atoms with Crippen LogP contribution in [0.1, 0.15) is 82.6 Å². The molecule has 1 aliphatic carbocycles. The Morgan fingerprint density at radius 1 is 1.13 bits per heavy atom. The monoisotopic (exact) mass is 404 g/mol. The van der Waals surface area contributed by atoms with Crippen molar-refractivity contribution in [3.05, 3.63) is 70.4 Å². The van der Waals surface area contributed by atoms with Crippen LogP contribution in [-0.2, 0) is 13.6 Å². The van der Waals surface area contributed by atoms with E-state index in [-0.39, 0.29) is 11.8 Å². The molecule has 3 aromatic rings. The van der Waals surface area contributed by atoms with E-state index in [0.717, 1.165) is 24.3 Å². The first-order valence-electron chi connectivity index (χ1n) is 10.9. The van der Waals surface area contributed by atoms with E-state index >= 15 is 0 Å². The van der Waals surface area contributed by atoms with Gasteiger partial charge in [0.1, 0.15) is 5.76 Å². The molecule has 5 rings (SSSR count). The minimum absolute atomic E-state index is 0.0538. The molecule has 1 aromatic carbocycles. The van der Waals surface area contributed by atoms with Gasteiger partial charge in [0.15, 0.2) is 5.69 Å². The fourth-order valence-electron chi connectivity index (χ4n) is 5.02. The molecule has 2 aromatic heterocycles. The van der Waals surface area contributed by atoms with Crippen LogP contribution in [0.2, 0.25) is 0 Å². The van der Waals surface area contributed by atoms with Crippen LogP contribution in [0.25, 0.3) is 0 Å². The molecule has 1 atom stereocenters. The number of carbonyl (C=O) groups is 1. The minimum Gasteiger partial charge on any atom is -0.360 e. The molecule has 1 amide bonds. The van der Waals surface area contributed by atoms with Gasteiger partial charge in [-0.25, -0.2) is 0 Å². The van der Waals surface area contributed by atoms with Crippen LogP contribution in [0.4, 0.5) is 0 Å². The van der Waals surface area contributed by atoms with Gasteiger partial charge < -0.3 is 9.42 Å². The van der Waals surface area contributed by atoms with Gasteiger partial charge in [-0.05, 0) is 30.9 Å². The van der Waals surface area contributed by atoms with Crippen LogP contribution < -0.4 is 0 Å². The molecule has 0 N–H and O–H groups in total. The highest BCUT2D eigenvalue weighted by Crippen LogP contribution is 2.36. The first-order chi connectivity index (χ1) is 14.6. The van der Waals surface area contributed by atoms with Gasteiger partial charge in [0.2, 0.25) is 0 Å². The first kappa shape index (κ1) is 19.1. The van der Waals surface area contributed by atoms with E-state index in [1.807, 2.05) is 35.0 Å². The van der Waals surface area contributed by atoms with Crippen LogP contribution >= 0.6 is 0 Å². The van der Waals surface area contributed by atoms with Crippen molar-refractivity contribution in [2.24, 2.45) is 7.05 Å². The fraction of sp³-hybridized carbons (Fsp3) is 0.458. The highest BCUT2D eigenvalue weighted by atomic mass is 16.5. The Balaban J connectivity index is 1.43. The number of fused-ring (bicyclic) bond motifs is 1. The highest BCUT2D eigenvalue weighted by molar-refractivity contribution is 5.92. The summed E-state index contributed by atoms with van der Waals surface area (Å²) in [6.45, 7) is 3.30. The molecule has 30 heavy (non-hydrogen) atoms. The van der Waals surface area contributed by atoms with Gasteiger partial charge in [-0.1, -0.05) is 48.7 Å². The average molecular weight is 405 g/mol. The molecule has 2 aliphatic rings. The molecule has 6 heteroatoms. The van der Waals surface area contributed by atoms with Crippen LogP contribution in [-0.4, -0.2) is 32.3 Å². The third kappa shape index (κ3) is 3.34. The summed E-state index contributed by atoms with van der Waals surface area (Å²) >= 11 is 0. The molecule has 0 spiro atoms. The molecule has 6 nitrogen and oxygen atoms in total. The summed E-state index contributed by atoms with van der Waals surface area (Å²) in [5.41, 5.74) is 5.19. The topological polar surface area (TPSA) is 64.2 Å². The summed E-state index contributed by atoms with van der Waals surface area (Å²) in [4.78, 5) is 15.3. The lowest BCUT2D eigenvalue weighted by Crippen LogP contribution is -2.38. The maximum absolute atomic E-state index is 13.4. The van der Waals surface area contributed by atoms with Gasteiger partial charge in [0.05, 0.1) is 6.20 Å². The third-order valence-electron chi connectivity index (χ3n) is 6.89. The summed E-state index contributed by atoms with van der Waals surface area (Å²) in [6, 6.07) is 10.3. The Hall–Kier alpha value is -2.89. The Kier molecular flexibility index (Phi) is 4.93. The molecule has 156 valence electrons. The third-order valence-corrected chi connectivity index (χ3v) is 6.89. The van der Waals surface area contributed by atoms with E-state index in [4.69, 9.17) is 4.52 Å². The number of amides is 1. The second-order valence-electron chi connectivity index (χ2n) is 8.70. The van der Waals surface area contributed by atoms with Crippen LogP contribution in [0.3, 0.4) is 0 Å². The predicted molar refractivity (Wildman–Crippen MR) is 113 cm³/mol. The Morgan fingerprint density at radius 3 is 2.70 bits per heavy atom. The Bertz CT molecular complexity index is 1060. The molecular formula is C24H28N4O2.